The lowest BCUT2D eigenvalue weighted by molar-refractivity contribution is -0.205. The molecule has 13 heteroatoms. The molecule has 0 aliphatic carbocycles. The van der Waals surface area contributed by atoms with Crippen LogP contribution in [0.25, 0.3) is 0 Å². The van der Waals surface area contributed by atoms with Gasteiger partial charge in [-0.3, -0.25) is 4.28 Å². The Hall–Kier alpha value is -0.770. The Balaban J connectivity index is 2.92. The van der Waals surface area contributed by atoms with Crippen LogP contribution in [0.5, 0.6) is 0 Å². The first-order chi connectivity index (χ1) is 11.1. The summed E-state index contributed by atoms with van der Waals surface area (Å²) in [6.45, 7) is 2.65. The average Bonchev–Trinajstić information content (AvgIpc) is 2.52. The van der Waals surface area contributed by atoms with E-state index >= 15 is 0 Å². The molecule has 0 radical (unpaired) electrons. The molecule has 0 aromatic carbocycles. The summed E-state index contributed by atoms with van der Waals surface area (Å²) in [5.41, 5.74) is -1.28. The Morgan fingerprint density at radius 3 is 2.50 bits per heavy atom. The van der Waals surface area contributed by atoms with E-state index in [1.807, 2.05) is 0 Å². The molecule has 1 aliphatic heterocycles. The summed E-state index contributed by atoms with van der Waals surface area (Å²) in [6, 6.07) is 0. The minimum Gasteiger partial charge on any atom is -0.714 e. The molecule has 0 aromatic rings. The molecule has 140 valence electrons. The molecule has 0 spiro atoms. The second kappa shape index (κ2) is 9.07. The molecule has 1 heterocycles. The van der Waals surface area contributed by atoms with Crippen LogP contribution in [0.2, 0.25) is 0 Å². The quantitative estimate of drug-likeness (QED) is 0.0759. The highest BCUT2D eigenvalue weighted by Gasteiger charge is 2.44. The van der Waals surface area contributed by atoms with E-state index in [0.717, 1.165) is 6.08 Å². The summed E-state index contributed by atoms with van der Waals surface area (Å²) >= 11 is 0.542. The van der Waals surface area contributed by atoms with Gasteiger partial charge in [0.1, 0.15) is 34.9 Å². The number of thioether (sulfide) groups is 1. The fourth-order valence-corrected chi connectivity index (χ4v) is 3.10. The van der Waals surface area contributed by atoms with Gasteiger partial charge < -0.3 is 34.8 Å². The van der Waals surface area contributed by atoms with E-state index in [1.165, 1.54) is 0 Å². The Morgan fingerprint density at radius 2 is 2.00 bits per heavy atom. The lowest BCUT2D eigenvalue weighted by Gasteiger charge is -2.39. The van der Waals surface area contributed by atoms with Crippen molar-refractivity contribution < 1.29 is 47.5 Å². The van der Waals surface area contributed by atoms with E-state index in [-0.39, 0.29) is 11.5 Å². The molecule has 1 aliphatic rings. The second-order valence-corrected chi connectivity index (χ2v) is 6.93. The van der Waals surface area contributed by atoms with E-state index in [9.17, 15) is 33.4 Å². The zero-order chi connectivity index (χ0) is 18.5. The van der Waals surface area contributed by atoms with Crippen molar-refractivity contribution >= 4 is 27.2 Å². The first-order valence-corrected chi connectivity index (χ1v) is 8.79. The van der Waals surface area contributed by atoms with Crippen LogP contribution in [0.15, 0.2) is 17.8 Å². The molecule has 0 bridgehead atoms. The zero-order valence-electron chi connectivity index (χ0n) is 12.2. The maximum absolute atomic E-state index is 10.5. The van der Waals surface area contributed by atoms with Crippen molar-refractivity contribution in [3.8, 4) is 0 Å². The molecule has 1 fully saturated rings. The summed E-state index contributed by atoms with van der Waals surface area (Å²) in [5.74, 6) is 0. The third-order valence-electron chi connectivity index (χ3n) is 2.99. The van der Waals surface area contributed by atoms with Gasteiger partial charge in [0, 0.05) is 6.42 Å². The van der Waals surface area contributed by atoms with Crippen molar-refractivity contribution in [3.05, 3.63) is 12.7 Å². The van der Waals surface area contributed by atoms with Crippen molar-refractivity contribution in [2.24, 2.45) is 5.16 Å². The second-order valence-electron chi connectivity index (χ2n) is 4.79. The number of nitrogens with zero attached hydrogens (tertiary/aromatic N) is 1. The fraction of sp³-hybridized carbons (Fsp3) is 0.727. The van der Waals surface area contributed by atoms with Crippen LogP contribution < -0.4 is 0 Å². The highest BCUT2D eigenvalue weighted by molar-refractivity contribution is 8.14. The van der Waals surface area contributed by atoms with Gasteiger partial charge in [-0.1, -0.05) is 23.0 Å². The third kappa shape index (κ3) is 6.27. The van der Waals surface area contributed by atoms with Crippen molar-refractivity contribution in [2.75, 3.05) is 6.61 Å². The molecule has 1 rings (SSSR count). The van der Waals surface area contributed by atoms with Crippen molar-refractivity contribution in [2.45, 2.75) is 42.4 Å². The monoisotopic (exact) mass is 388 g/mol. The van der Waals surface area contributed by atoms with Crippen molar-refractivity contribution in [3.63, 3.8) is 0 Å². The highest BCUT2D eigenvalue weighted by Crippen LogP contribution is 2.30. The van der Waals surface area contributed by atoms with Gasteiger partial charge >= 0.3 is 0 Å². The number of rotatable bonds is 7. The van der Waals surface area contributed by atoms with Crippen LogP contribution in [-0.2, 0) is 19.4 Å². The maximum Gasteiger partial charge on any atom is 0.284 e. The molecule has 0 unspecified atom stereocenters. The first kappa shape index (κ1) is 21.3. The molecular formula is C11H18NO10S2-. The first-order valence-electron chi connectivity index (χ1n) is 6.58. The van der Waals surface area contributed by atoms with E-state index in [1.54, 1.807) is 0 Å². The molecule has 0 amide bonds. The van der Waals surface area contributed by atoms with Gasteiger partial charge in [0.05, 0.1) is 12.7 Å². The molecule has 6 atom stereocenters. The Labute approximate surface area is 142 Å². The molecular weight excluding hydrogens is 370 g/mol. The number of hydrogen-bond donors (Lipinski definition) is 5. The predicted molar refractivity (Wildman–Crippen MR) is 80.4 cm³/mol. The van der Waals surface area contributed by atoms with E-state index in [0.29, 0.717) is 11.8 Å². The summed E-state index contributed by atoms with van der Waals surface area (Å²) in [4.78, 5) is 0. The zero-order valence-corrected chi connectivity index (χ0v) is 13.8. The Morgan fingerprint density at radius 1 is 1.38 bits per heavy atom. The number of oxime groups is 1. The van der Waals surface area contributed by atoms with Crippen LogP contribution in [-0.4, -0.2) is 86.1 Å². The Kier molecular flexibility index (Phi) is 8.04. The molecule has 1 saturated heterocycles. The summed E-state index contributed by atoms with van der Waals surface area (Å²) < 4.78 is 40.4. The van der Waals surface area contributed by atoms with Crippen LogP contribution in [0.4, 0.5) is 0 Å². The molecule has 5 N–H and O–H groups in total. The standard InChI is InChI=1S/C11H19NO10S2/c1-2-5(14)3-7(12-22-24(18,19)20)23-11-10(17)9(16)8(15)6(4-13)21-11/h2,5-6,8-11,13-17H,1,3-4H2,(H,18,19,20)/p-1/t5-,6+,8+,9-,10+,11-/m0/s1. The van der Waals surface area contributed by atoms with Gasteiger partial charge in [-0.15, -0.1) is 6.58 Å². The van der Waals surface area contributed by atoms with Crippen molar-refractivity contribution in [1.82, 2.24) is 0 Å². The summed E-state index contributed by atoms with van der Waals surface area (Å²) in [6.07, 6.45) is -6.41. The predicted octanol–water partition coefficient (Wildman–Crippen LogP) is -2.75. The van der Waals surface area contributed by atoms with E-state index in [2.05, 4.69) is 16.0 Å². The summed E-state index contributed by atoms with van der Waals surface area (Å²) in [5, 5.41) is 50.7. The minimum atomic E-state index is -5.14. The fourth-order valence-electron chi connectivity index (χ4n) is 1.76. The molecule has 0 saturated carbocycles. The van der Waals surface area contributed by atoms with Gasteiger partial charge in [-0.2, -0.15) is 8.42 Å². The van der Waals surface area contributed by atoms with Gasteiger partial charge in [0.25, 0.3) is 10.4 Å². The maximum atomic E-state index is 10.5. The highest BCUT2D eigenvalue weighted by atomic mass is 32.3. The number of aliphatic hydroxyl groups is 5. The minimum absolute atomic E-state index is 0.258. The van der Waals surface area contributed by atoms with Gasteiger partial charge in [0.2, 0.25) is 0 Å². The number of ether oxygens (including phenoxy) is 1. The largest absolute Gasteiger partial charge is 0.714 e. The van der Waals surface area contributed by atoms with Crippen LogP contribution in [0, 0.1) is 0 Å². The van der Waals surface area contributed by atoms with Gasteiger partial charge in [0.15, 0.2) is 0 Å². The van der Waals surface area contributed by atoms with E-state index < -0.39 is 53.0 Å². The Bertz CT molecular complexity index is 551. The van der Waals surface area contributed by atoms with Crippen molar-refractivity contribution in [1.29, 1.82) is 0 Å². The molecule has 11 nitrogen and oxygen atoms in total. The van der Waals surface area contributed by atoms with Crippen LogP contribution in [0.3, 0.4) is 0 Å². The lowest BCUT2D eigenvalue weighted by Crippen LogP contribution is -2.57. The van der Waals surface area contributed by atoms with Crippen LogP contribution in [0.1, 0.15) is 6.42 Å². The molecule has 24 heavy (non-hydrogen) atoms. The smallest absolute Gasteiger partial charge is 0.284 e. The normalized spacial score (nSPS) is 33.1. The number of hydrogen-bond acceptors (Lipinski definition) is 12. The van der Waals surface area contributed by atoms with Gasteiger partial charge in [-0.25, -0.2) is 0 Å². The molecule has 0 aromatic heterocycles. The summed E-state index contributed by atoms with van der Waals surface area (Å²) in [7, 11) is -5.14. The lowest BCUT2D eigenvalue weighted by atomic mass is 10.0. The van der Waals surface area contributed by atoms with Crippen LogP contribution >= 0.6 is 11.8 Å². The van der Waals surface area contributed by atoms with Gasteiger partial charge in [-0.05, 0) is 0 Å². The SMILES string of the molecule is C=C[C@H](O)CC(=NOS(=O)(=O)[O-])S[C@@H]1O[C@H](CO)[C@@H](O)[C@H](O)[C@H]1O. The number of aliphatic hydroxyl groups excluding tert-OH is 5. The third-order valence-corrected chi connectivity index (χ3v) is 4.38. The topological polar surface area (TPSA) is 189 Å². The van der Waals surface area contributed by atoms with E-state index in [4.69, 9.17) is 9.84 Å². The average molecular weight is 388 g/mol.